The number of hydrogen-bond acceptors (Lipinski definition) is 3. The predicted molar refractivity (Wildman–Crippen MR) is 65.5 cm³/mol. The second-order valence-corrected chi connectivity index (χ2v) is 4.72. The highest BCUT2D eigenvalue weighted by Gasteiger charge is 2.76. The lowest BCUT2D eigenvalue weighted by molar-refractivity contribution is -0.207. The zero-order chi connectivity index (χ0) is 15.0. The fourth-order valence-electron chi connectivity index (χ4n) is 2.42. The van der Waals surface area contributed by atoms with Crippen molar-refractivity contribution < 1.29 is 27.4 Å². The smallest absolute Gasteiger partial charge is 0.405 e. The fourth-order valence-corrected chi connectivity index (χ4v) is 2.42. The summed E-state index contributed by atoms with van der Waals surface area (Å²) in [6, 6.07) is 6.27. The van der Waals surface area contributed by atoms with Crippen LogP contribution in [0.3, 0.4) is 0 Å². The van der Waals surface area contributed by atoms with Gasteiger partial charge in [0, 0.05) is 5.92 Å². The van der Waals surface area contributed by atoms with Gasteiger partial charge in [-0.25, -0.2) is 0 Å². The van der Waals surface area contributed by atoms with E-state index in [1.807, 2.05) is 0 Å². The Kier molecular flexibility index (Phi) is 3.67. The number of alkyl halides is 3. The lowest BCUT2D eigenvalue weighted by atomic mass is 9.98. The molecule has 2 rings (SSSR count). The molecule has 0 aliphatic heterocycles. The number of ether oxygens (including phenoxy) is 2. The Morgan fingerprint density at radius 2 is 1.95 bits per heavy atom. The Hall–Kier alpha value is -1.72. The molecular formula is C14H15F3O3. The summed E-state index contributed by atoms with van der Waals surface area (Å²) < 4.78 is 49.2. The molecular weight excluding hydrogens is 273 g/mol. The average Bonchev–Trinajstić information content (AvgIpc) is 3.15. The van der Waals surface area contributed by atoms with Crippen molar-refractivity contribution in [3.05, 3.63) is 29.8 Å². The van der Waals surface area contributed by atoms with E-state index in [9.17, 15) is 18.0 Å². The third-order valence-corrected chi connectivity index (χ3v) is 3.62. The summed E-state index contributed by atoms with van der Waals surface area (Å²) >= 11 is 0. The van der Waals surface area contributed by atoms with Crippen molar-refractivity contribution in [2.75, 3.05) is 13.7 Å². The maximum atomic E-state index is 13.2. The van der Waals surface area contributed by atoms with Gasteiger partial charge in [0.1, 0.15) is 5.75 Å². The molecule has 6 heteroatoms. The van der Waals surface area contributed by atoms with Gasteiger partial charge < -0.3 is 9.47 Å². The van der Waals surface area contributed by atoms with Gasteiger partial charge in [0.05, 0.1) is 13.7 Å². The lowest BCUT2D eigenvalue weighted by Crippen LogP contribution is -2.35. The van der Waals surface area contributed by atoms with Gasteiger partial charge in [0.15, 0.2) is 5.41 Å². The number of carbonyl (C=O) groups is 1. The number of carbonyl (C=O) groups excluding carboxylic acids is 1. The van der Waals surface area contributed by atoms with Gasteiger partial charge in [-0.05, 0) is 31.0 Å². The average molecular weight is 288 g/mol. The number of benzene rings is 1. The minimum atomic E-state index is -4.61. The van der Waals surface area contributed by atoms with Crippen molar-refractivity contribution in [1.29, 1.82) is 0 Å². The Morgan fingerprint density at radius 1 is 1.35 bits per heavy atom. The minimum Gasteiger partial charge on any atom is -0.497 e. The van der Waals surface area contributed by atoms with E-state index in [-0.39, 0.29) is 13.0 Å². The van der Waals surface area contributed by atoms with Gasteiger partial charge in [0.2, 0.25) is 0 Å². The Bertz CT molecular complexity index is 495. The summed E-state index contributed by atoms with van der Waals surface area (Å²) in [5, 5.41) is 0. The largest absolute Gasteiger partial charge is 0.497 e. The topological polar surface area (TPSA) is 35.5 Å². The molecule has 1 aliphatic carbocycles. The Labute approximate surface area is 114 Å². The number of esters is 1. The molecule has 2 atom stereocenters. The predicted octanol–water partition coefficient (Wildman–Crippen LogP) is 3.29. The maximum Gasteiger partial charge on any atom is 0.405 e. The second-order valence-electron chi connectivity index (χ2n) is 4.72. The third-order valence-electron chi connectivity index (χ3n) is 3.62. The number of halogens is 3. The normalized spacial score (nSPS) is 25.1. The van der Waals surface area contributed by atoms with E-state index in [1.165, 1.54) is 14.0 Å². The monoisotopic (exact) mass is 288 g/mol. The van der Waals surface area contributed by atoms with Crippen molar-refractivity contribution in [3.63, 3.8) is 0 Å². The first-order valence-electron chi connectivity index (χ1n) is 6.24. The van der Waals surface area contributed by atoms with E-state index in [0.717, 1.165) is 0 Å². The molecule has 1 fully saturated rings. The van der Waals surface area contributed by atoms with Gasteiger partial charge in [-0.15, -0.1) is 0 Å². The summed E-state index contributed by atoms with van der Waals surface area (Å²) in [7, 11) is 1.48. The fraction of sp³-hybridized carbons (Fsp3) is 0.500. The Balaban J connectivity index is 2.27. The van der Waals surface area contributed by atoms with E-state index >= 15 is 0 Å². The summed E-state index contributed by atoms with van der Waals surface area (Å²) in [4.78, 5) is 11.7. The molecule has 1 saturated carbocycles. The molecule has 110 valence electrons. The van der Waals surface area contributed by atoms with Gasteiger partial charge in [-0.2, -0.15) is 13.2 Å². The number of hydrogen-bond donors (Lipinski definition) is 0. The highest BCUT2D eigenvalue weighted by Crippen LogP contribution is 2.68. The van der Waals surface area contributed by atoms with Crippen LogP contribution >= 0.6 is 0 Å². The van der Waals surface area contributed by atoms with E-state index in [0.29, 0.717) is 11.3 Å². The zero-order valence-electron chi connectivity index (χ0n) is 11.2. The van der Waals surface area contributed by atoms with Crippen LogP contribution in [0.25, 0.3) is 0 Å². The molecule has 0 spiro atoms. The summed E-state index contributed by atoms with van der Waals surface area (Å²) in [6.07, 6.45) is -4.87. The molecule has 0 heterocycles. The molecule has 3 nitrogen and oxygen atoms in total. The molecule has 0 unspecified atom stereocenters. The van der Waals surface area contributed by atoms with Crippen LogP contribution in [0.2, 0.25) is 0 Å². The van der Waals surface area contributed by atoms with Crippen LogP contribution in [0.4, 0.5) is 13.2 Å². The zero-order valence-corrected chi connectivity index (χ0v) is 11.2. The van der Waals surface area contributed by atoms with Crippen LogP contribution in [0.5, 0.6) is 5.75 Å². The molecule has 0 saturated heterocycles. The van der Waals surface area contributed by atoms with E-state index in [1.54, 1.807) is 24.3 Å². The molecule has 0 N–H and O–H groups in total. The van der Waals surface area contributed by atoms with Gasteiger partial charge >= 0.3 is 12.1 Å². The van der Waals surface area contributed by atoms with Crippen LogP contribution in [-0.2, 0) is 9.53 Å². The molecule has 0 radical (unpaired) electrons. The maximum absolute atomic E-state index is 13.2. The molecule has 0 amide bonds. The van der Waals surface area contributed by atoms with E-state index < -0.39 is 23.5 Å². The summed E-state index contributed by atoms with van der Waals surface area (Å²) in [5.41, 5.74) is -1.92. The molecule has 1 aromatic rings. The van der Waals surface area contributed by atoms with Crippen LogP contribution in [-0.4, -0.2) is 25.9 Å². The van der Waals surface area contributed by atoms with Gasteiger partial charge in [0.25, 0.3) is 0 Å². The van der Waals surface area contributed by atoms with Crippen LogP contribution < -0.4 is 4.74 Å². The van der Waals surface area contributed by atoms with Crippen LogP contribution in [0, 0.1) is 5.41 Å². The van der Waals surface area contributed by atoms with Crippen molar-refractivity contribution in [1.82, 2.24) is 0 Å². The molecule has 0 aromatic heterocycles. The first-order chi connectivity index (χ1) is 9.36. The molecule has 1 aromatic carbocycles. The summed E-state index contributed by atoms with van der Waals surface area (Å²) in [5.74, 6) is -1.51. The standard InChI is InChI=1S/C14H15F3O3/c1-3-20-12(18)13(14(15,16)17)8-11(13)9-4-6-10(19-2)7-5-9/h4-7,11H,3,8H2,1-2H3/t11-,13-/m0/s1. The number of rotatable bonds is 4. The SMILES string of the molecule is CCOC(=O)[C@]1(C(F)(F)F)C[C@H]1c1ccc(OC)cc1. The van der Waals surface area contributed by atoms with Crippen molar-refractivity contribution >= 4 is 5.97 Å². The summed E-state index contributed by atoms with van der Waals surface area (Å²) in [6.45, 7) is 1.43. The van der Waals surface area contributed by atoms with Crippen molar-refractivity contribution in [3.8, 4) is 5.75 Å². The van der Waals surface area contributed by atoms with Gasteiger partial charge in [-0.1, -0.05) is 12.1 Å². The Morgan fingerprint density at radius 3 is 2.40 bits per heavy atom. The van der Waals surface area contributed by atoms with E-state index in [4.69, 9.17) is 4.74 Å². The van der Waals surface area contributed by atoms with Crippen molar-refractivity contribution in [2.24, 2.45) is 5.41 Å². The highest BCUT2D eigenvalue weighted by molar-refractivity contribution is 5.83. The highest BCUT2D eigenvalue weighted by atomic mass is 19.4. The van der Waals surface area contributed by atoms with E-state index in [2.05, 4.69) is 4.74 Å². The first-order valence-corrected chi connectivity index (χ1v) is 6.24. The molecule has 20 heavy (non-hydrogen) atoms. The first kappa shape index (κ1) is 14.7. The number of methoxy groups -OCH3 is 1. The van der Waals surface area contributed by atoms with Crippen LogP contribution in [0.1, 0.15) is 24.8 Å². The minimum absolute atomic E-state index is 0.0635. The van der Waals surface area contributed by atoms with Crippen molar-refractivity contribution in [2.45, 2.75) is 25.4 Å². The quantitative estimate of drug-likeness (QED) is 0.797. The third kappa shape index (κ3) is 2.23. The second kappa shape index (κ2) is 5.00. The molecule has 0 bridgehead atoms. The lowest BCUT2D eigenvalue weighted by Gasteiger charge is -2.19. The molecule has 1 aliphatic rings. The van der Waals surface area contributed by atoms with Gasteiger partial charge in [-0.3, -0.25) is 4.79 Å². The van der Waals surface area contributed by atoms with Crippen LogP contribution in [0.15, 0.2) is 24.3 Å².